The maximum Gasteiger partial charge on any atom is 0.156 e. The van der Waals surface area contributed by atoms with Gasteiger partial charge in [-0.15, -0.1) is 0 Å². The van der Waals surface area contributed by atoms with Crippen molar-refractivity contribution >= 4 is 38.6 Å². The number of para-hydroxylation sites is 2. The van der Waals surface area contributed by atoms with E-state index in [0.717, 1.165) is 73.4 Å². The maximum absolute atomic E-state index is 6.82. The van der Waals surface area contributed by atoms with Crippen molar-refractivity contribution in [3.63, 3.8) is 0 Å². The molecule has 0 bridgehead atoms. The van der Waals surface area contributed by atoms with Crippen LogP contribution in [0.5, 0.6) is 23.0 Å². The van der Waals surface area contributed by atoms with Crippen LogP contribution in [-0.2, 0) is 0 Å². The first kappa shape index (κ1) is 29.6. The molecule has 0 fully saturated rings. The highest BCUT2D eigenvalue weighted by Gasteiger charge is 2.35. The van der Waals surface area contributed by atoms with E-state index in [2.05, 4.69) is 175 Å². The molecular formula is C50H31NO2. The van der Waals surface area contributed by atoms with E-state index in [-0.39, 0.29) is 0 Å². The molecule has 2 heterocycles. The lowest BCUT2D eigenvalue weighted by atomic mass is 9.90. The molecule has 2 aliphatic heterocycles. The minimum Gasteiger partial charge on any atom is -0.453 e. The molecule has 0 amide bonds. The molecule has 9 aromatic carbocycles. The molecule has 53 heavy (non-hydrogen) atoms. The van der Waals surface area contributed by atoms with Gasteiger partial charge in [0.05, 0.1) is 11.4 Å². The molecule has 0 N–H and O–H groups in total. The number of nitrogens with zero attached hydrogens (tertiary/aromatic N) is 1. The van der Waals surface area contributed by atoms with Crippen LogP contribution in [0.25, 0.3) is 66.1 Å². The van der Waals surface area contributed by atoms with Crippen LogP contribution in [0, 0.1) is 0 Å². The Hall–Kier alpha value is -7.10. The first-order valence-corrected chi connectivity index (χ1v) is 18.0. The fourth-order valence-electron chi connectivity index (χ4n) is 8.15. The Labute approximate surface area is 307 Å². The number of fused-ring (bicyclic) bond motifs is 7. The van der Waals surface area contributed by atoms with Crippen molar-refractivity contribution in [1.29, 1.82) is 0 Å². The number of hydrogen-bond donors (Lipinski definition) is 0. The molecule has 11 rings (SSSR count). The highest BCUT2D eigenvalue weighted by Crippen LogP contribution is 2.61. The fourth-order valence-corrected chi connectivity index (χ4v) is 8.15. The topological polar surface area (TPSA) is 21.7 Å². The molecule has 9 aromatic rings. The molecule has 3 nitrogen and oxygen atoms in total. The lowest BCUT2D eigenvalue weighted by molar-refractivity contribution is 0.446. The van der Waals surface area contributed by atoms with Gasteiger partial charge in [0.2, 0.25) is 0 Å². The number of rotatable bonds is 4. The SMILES string of the molecule is c1ccc(-c2ccc3c(c2)Oc2cc(-c4ccccc4-c4ccc(-c5cc6ccccc6c6ccccc56)cc4)cc4c2N3c2ccccc2O4)cc1. The molecule has 0 spiro atoms. The third-order valence-corrected chi connectivity index (χ3v) is 10.6. The van der Waals surface area contributed by atoms with Crippen LogP contribution in [0.2, 0.25) is 0 Å². The second kappa shape index (κ2) is 11.7. The van der Waals surface area contributed by atoms with Crippen LogP contribution in [0.4, 0.5) is 17.1 Å². The third-order valence-electron chi connectivity index (χ3n) is 10.6. The predicted octanol–water partition coefficient (Wildman–Crippen LogP) is 14.3. The van der Waals surface area contributed by atoms with Crippen LogP contribution >= 0.6 is 0 Å². The van der Waals surface area contributed by atoms with E-state index in [4.69, 9.17) is 9.47 Å². The van der Waals surface area contributed by atoms with E-state index in [0.29, 0.717) is 0 Å². The van der Waals surface area contributed by atoms with Gasteiger partial charge in [0.15, 0.2) is 23.0 Å². The monoisotopic (exact) mass is 677 g/mol. The summed E-state index contributed by atoms with van der Waals surface area (Å²) in [6.45, 7) is 0. The van der Waals surface area contributed by atoms with Gasteiger partial charge in [0.25, 0.3) is 0 Å². The third kappa shape index (κ3) is 4.75. The van der Waals surface area contributed by atoms with E-state index >= 15 is 0 Å². The summed E-state index contributed by atoms with van der Waals surface area (Å²) >= 11 is 0. The summed E-state index contributed by atoms with van der Waals surface area (Å²) in [6.07, 6.45) is 0. The van der Waals surface area contributed by atoms with Crippen molar-refractivity contribution in [2.24, 2.45) is 0 Å². The molecule has 2 aliphatic rings. The highest BCUT2D eigenvalue weighted by atomic mass is 16.5. The first-order chi connectivity index (χ1) is 26.3. The van der Waals surface area contributed by atoms with Gasteiger partial charge in [0.1, 0.15) is 5.69 Å². The summed E-state index contributed by atoms with van der Waals surface area (Å²) < 4.78 is 13.5. The van der Waals surface area contributed by atoms with Crippen molar-refractivity contribution in [3.8, 4) is 67.5 Å². The standard InChI is InChI=1S/C50H31NO2/c1-2-12-32(13-3-1)35-26-27-45-47(29-35)53-49-31-37(30-48-50(49)51(45)44-20-10-11-21-46(44)52-48)40-17-7-6-15-38(40)33-22-24-34(25-23-33)43-28-36-14-4-5-16-39(36)41-18-8-9-19-42(41)43/h1-31H. The summed E-state index contributed by atoms with van der Waals surface area (Å²) in [4.78, 5) is 2.28. The molecule has 0 atom stereocenters. The summed E-state index contributed by atoms with van der Waals surface area (Å²) in [7, 11) is 0. The smallest absolute Gasteiger partial charge is 0.156 e. The molecule has 0 saturated heterocycles. The first-order valence-electron chi connectivity index (χ1n) is 18.0. The predicted molar refractivity (Wildman–Crippen MR) is 218 cm³/mol. The summed E-state index contributed by atoms with van der Waals surface area (Å²) in [5.74, 6) is 3.15. The van der Waals surface area contributed by atoms with Gasteiger partial charge in [-0.3, -0.25) is 4.90 Å². The Bertz CT molecular complexity index is 2890. The van der Waals surface area contributed by atoms with Crippen LogP contribution < -0.4 is 14.4 Å². The van der Waals surface area contributed by atoms with E-state index in [1.165, 1.54) is 32.7 Å². The van der Waals surface area contributed by atoms with Gasteiger partial charge in [-0.2, -0.15) is 0 Å². The minimum atomic E-state index is 0.762. The average Bonchev–Trinajstić information content (AvgIpc) is 3.23. The van der Waals surface area contributed by atoms with Crippen molar-refractivity contribution < 1.29 is 9.47 Å². The van der Waals surface area contributed by atoms with E-state index < -0.39 is 0 Å². The van der Waals surface area contributed by atoms with Gasteiger partial charge < -0.3 is 9.47 Å². The average molecular weight is 678 g/mol. The number of hydrogen-bond acceptors (Lipinski definition) is 3. The number of ether oxygens (including phenoxy) is 2. The van der Waals surface area contributed by atoms with Crippen molar-refractivity contribution in [2.45, 2.75) is 0 Å². The number of benzene rings is 9. The van der Waals surface area contributed by atoms with Crippen LogP contribution in [0.15, 0.2) is 188 Å². The Kier molecular flexibility index (Phi) is 6.55. The largest absolute Gasteiger partial charge is 0.453 e. The van der Waals surface area contributed by atoms with E-state index in [9.17, 15) is 0 Å². The number of anilines is 3. The molecule has 0 aliphatic carbocycles. The Morgan fingerprint density at radius 3 is 1.64 bits per heavy atom. The van der Waals surface area contributed by atoms with Gasteiger partial charge in [-0.1, -0.05) is 146 Å². The van der Waals surface area contributed by atoms with Crippen molar-refractivity contribution in [1.82, 2.24) is 0 Å². The second-order valence-electron chi connectivity index (χ2n) is 13.7. The van der Waals surface area contributed by atoms with Gasteiger partial charge in [-0.25, -0.2) is 0 Å². The van der Waals surface area contributed by atoms with Crippen LogP contribution in [0.1, 0.15) is 0 Å². The lowest BCUT2D eigenvalue weighted by Gasteiger charge is -2.38. The van der Waals surface area contributed by atoms with Gasteiger partial charge in [0, 0.05) is 0 Å². The zero-order valence-corrected chi connectivity index (χ0v) is 28.7. The van der Waals surface area contributed by atoms with Crippen molar-refractivity contribution in [3.05, 3.63) is 188 Å². The van der Waals surface area contributed by atoms with E-state index in [1.807, 2.05) is 18.2 Å². The second-order valence-corrected chi connectivity index (χ2v) is 13.7. The quantitative estimate of drug-likeness (QED) is 0.173. The fraction of sp³-hybridized carbons (Fsp3) is 0. The Morgan fingerprint density at radius 1 is 0.302 bits per heavy atom. The minimum absolute atomic E-state index is 0.762. The Morgan fingerprint density at radius 2 is 0.849 bits per heavy atom. The lowest BCUT2D eigenvalue weighted by Crippen LogP contribution is -2.20. The molecule has 3 heteroatoms. The normalized spacial score (nSPS) is 12.4. The molecule has 248 valence electrons. The molecule has 0 radical (unpaired) electrons. The Balaban J connectivity index is 1.02. The zero-order chi connectivity index (χ0) is 34.9. The summed E-state index contributed by atoms with van der Waals surface area (Å²) in [6, 6.07) is 66.7. The molecular weight excluding hydrogens is 647 g/mol. The van der Waals surface area contributed by atoms with Crippen LogP contribution in [0.3, 0.4) is 0 Å². The summed E-state index contributed by atoms with van der Waals surface area (Å²) in [5, 5.41) is 5.06. The van der Waals surface area contributed by atoms with Gasteiger partial charge in [-0.05, 0) is 109 Å². The zero-order valence-electron chi connectivity index (χ0n) is 28.7. The maximum atomic E-state index is 6.82. The molecule has 0 saturated carbocycles. The summed E-state index contributed by atoms with van der Waals surface area (Å²) in [5.41, 5.74) is 12.0. The van der Waals surface area contributed by atoms with E-state index in [1.54, 1.807) is 0 Å². The van der Waals surface area contributed by atoms with Crippen LogP contribution in [-0.4, -0.2) is 0 Å². The van der Waals surface area contributed by atoms with Crippen molar-refractivity contribution in [2.75, 3.05) is 4.90 Å². The highest BCUT2D eigenvalue weighted by molar-refractivity contribution is 6.13. The molecule has 0 aromatic heterocycles. The van der Waals surface area contributed by atoms with Gasteiger partial charge >= 0.3 is 0 Å². The molecule has 0 unspecified atom stereocenters.